The van der Waals surface area contributed by atoms with Crippen molar-refractivity contribution in [1.82, 2.24) is 0 Å². The van der Waals surface area contributed by atoms with Gasteiger partial charge in [-0.25, -0.2) is 0 Å². The first kappa shape index (κ1) is 9.15. The molecule has 10 heavy (non-hydrogen) atoms. The lowest BCUT2D eigenvalue weighted by atomic mass is 10.0. The summed E-state index contributed by atoms with van der Waals surface area (Å²) in [6.45, 7) is 4.55. The van der Waals surface area contributed by atoms with E-state index in [0.29, 0.717) is 0 Å². The van der Waals surface area contributed by atoms with E-state index in [1.165, 1.54) is 19.9 Å². The van der Waals surface area contributed by atoms with Crippen molar-refractivity contribution >= 4 is 5.78 Å². The Kier molecular flexibility index (Phi) is 3.07. The molecule has 1 unspecified atom stereocenters. The second kappa shape index (κ2) is 3.35. The van der Waals surface area contributed by atoms with E-state index < -0.39 is 5.60 Å². The van der Waals surface area contributed by atoms with Gasteiger partial charge in [-0.05, 0) is 32.9 Å². The molecule has 1 N–H and O–H groups in total. The summed E-state index contributed by atoms with van der Waals surface area (Å²) < 4.78 is 0. The highest BCUT2D eigenvalue weighted by atomic mass is 16.3. The van der Waals surface area contributed by atoms with E-state index in [-0.39, 0.29) is 5.78 Å². The van der Waals surface area contributed by atoms with Gasteiger partial charge >= 0.3 is 0 Å². The Morgan fingerprint density at radius 3 is 2.50 bits per heavy atom. The zero-order valence-electron chi connectivity index (χ0n) is 6.51. The highest BCUT2D eigenvalue weighted by Crippen LogP contribution is 2.04. The van der Waals surface area contributed by atoms with Crippen LogP contribution in [0, 0.1) is 0 Å². The molecule has 0 saturated carbocycles. The summed E-state index contributed by atoms with van der Waals surface area (Å²) in [7, 11) is 0. The molecule has 0 aromatic carbocycles. The molecule has 0 aliphatic heterocycles. The second-order valence-electron chi connectivity index (χ2n) is 2.30. The van der Waals surface area contributed by atoms with Crippen molar-refractivity contribution in [1.29, 1.82) is 0 Å². The number of hydrogen-bond donors (Lipinski definition) is 1. The Morgan fingerprint density at radius 2 is 2.20 bits per heavy atom. The fraction of sp³-hybridized carbons (Fsp3) is 0.500. The van der Waals surface area contributed by atoms with Gasteiger partial charge in [-0.3, -0.25) is 4.79 Å². The number of ketones is 1. The van der Waals surface area contributed by atoms with Crippen molar-refractivity contribution in [2.45, 2.75) is 26.4 Å². The molecule has 0 spiro atoms. The average Bonchev–Trinajstić information content (AvgIpc) is 1.84. The Bertz CT molecular complexity index is 183. The van der Waals surface area contributed by atoms with Crippen molar-refractivity contribution in [3.63, 3.8) is 0 Å². The minimum Gasteiger partial charge on any atom is -0.378 e. The Hall–Kier alpha value is -0.850. The third-order valence-corrected chi connectivity index (χ3v) is 1.24. The Morgan fingerprint density at radius 1 is 1.70 bits per heavy atom. The van der Waals surface area contributed by atoms with E-state index in [4.69, 9.17) is 0 Å². The van der Waals surface area contributed by atoms with E-state index >= 15 is 0 Å². The molecule has 1 atom stereocenters. The number of Topliss-reactive ketones (excluding diaryl/α,β-unsaturated/α-hetero) is 1. The van der Waals surface area contributed by atoms with Gasteiger partial charge in [0.25, 0.3) is 0 Å². The van der Waals surface area contributed by atoms with E-state index in [1.54, 1.807) is 13.0 Å². The van der Waals surface area contributed by atoms with Crippen LogP contribution in [0.4, 0.5) is 0 Å². The average molecular weight is 140 g/mol. The molecule has 0 amide bonds. The normalized spacial score (nSPS) is 14.8. The fourth-order valence-electron chi connectivity index (χ4n) is 0.347. The lowest BCUT2D eigenvalue weighted by molar-refractivity contribution is -0.129. The molecular weight excluding hydrogens is 128 g/mol. The van der Waals surface area contributed by atoms with Gasteiger partial charge in [0.15, 0.2) is 5.78 Å². The molecule has 0 aliphatic rings. The summed E-state index contributed by atoms with van der Waals surface area (Å²) in [6, 6.07) is 0. The summed E-state index contributed by atoms with van der Waals surface area (Å²) in [5.74, 6) is -0.276. The third kappa shape index (κ3) is 2.62. The molecule has 2 nitrogen and oxygen atoms in total. The van der Waals surface area contributed by atoms with Crippen LogP contribution in [-0.4, -0.2) is 16.5 Å². The van der Waals surface area contributed by atoms with Gasteiger partial charge in [-0.15, -0.1) is 5.73 Å². The highest BCUT2D eigenvalue weighted by Gasteiger charge is 2.21. The number of hydrogen-bond acceptors (Lipinski definition) is 2. The minimum absolute atomic E-state index is 0.276. The molecule has 2 heteroatoms. The van der Waals surface area contributed by atoms with E-state index in [9.17, 15) is 9.90 Å². The van der Waals surface area contributed by atoms with Crippen LogP contribution in [0.2, 0.25) is 0 Å². The van der Waals surface area contributed by atoms with E-state index in [1.807, 2.05) is 0 Å². The predicted octanol–water partition coefficient (Wildman–Crippen LogP) is 1.06. The maximum Gasteiger partial charge on any atom is 0.165 e. The summed E-state index contributed by atoms with van der Waals surface area (Å²) in [4.78, 5) is 10.6. The zero-order chi connectivity index (χ0) is 8.20. The zero-order valence-corrected chi connectivity index (χ0v) is 6.51. The van der Waals surface area contributed by atoms with Crippen molar-refractivity contribution in [2.75, 3.05) is 0 Å². The minimum atomic E-state index is -1.35. The van der Waals surface area contributed by atoms with Crippen LogP contribution < -0.4 is 0 Å². The molecule has 0 radical (unpaired) electrons. The van der Waals surface area contributed by atoms with Crippen molar-refractivity contribution in [2.24, 2.45) is 0 Å². The molecule has 0 heterocycles. The molecule has 0 saturated heterocycles. The summed E-state index contributed by atoms with van der Waals surface area (Å²) in [6.07, 6.45) is 2.98. The molecule has 0 rings (SSSR count). The monoisotopic (exact) mass is 140 g/mol. The van der Waals surface area contributed by atoms with Crippen molar-refractivity contribution < 1.29 is 9.90 Å². The molecule has 56 valence electrons. The maximum atomic E-state index is 10.6. The van der Waals surface area contributed by atoms with Crippen molar-refractivity contribution in [3.8, 4) is 0 Å². The van der Waals surface area contributed by atoms with Crippen molar-refractivity contribution in [3.05, 3.63) is 17.9 Å². The van der Waals surface area contributed by atoms with E-state index in [0.717, 1.165) is 0 Å². The lowest BCUT2D eigenvalue weighted by Crippen LogP contribution is -2.29. The van der Waals surface area contributed by atoms with Gasteiger partial charge in [0.1, 0.15) is 5.60 Å². The number of rotatable bonds is 2. The molecule has 0 bridgehead atoms. The van der Waals surface area contributed by atoms with Crippen LogP contribution in [0.1, 0.15) is 20.8 Å². The van der Waals surface area contributed by atoms with Crippen LogP contribution >= 0.6 is 0 Å². The molecule has 0 aliphatic carbocycles. The second-order valence-corrected chi connectivity index (χ2v) is 2.30. The summed E-state index contributed by atoms with van der Waals surface area (Å²) in [5, 5.41) is 9.24. The van der Waals surface area contributed by atoms with Gasteiger partial charge in [-0.2, -0.15) is 0 Å². The molecule has 0 aromatic heterocycles. The smallest absolute Gasteiger partial charge is 0.165 e. The van der Waals surface area contributed by atoms with Crippen LogP contribution in [0.25, 0.3) is 0 Å². The number of aliphatic hydroxyl groups is 1. The van der Waals surface area contributed by atoms with Crippen LogP contribution in [0.15, 0.2) is 17.9 Å². The maximum absolute atomic E-state index is 10.6. The van der Waals surface area contributed by atoms with Crippen LogP contribution in [-0.2, 0) is 4.79 Å². The molecular formula is C8H12O2. The van der Waals surface area contributed by atoms with Gasteiger partial charge in [0.2, 0.25) is 0 Å². The number of carbonyl (C=O) groups is 1. The topological polar surface area (TPSA) is 37.3 Å². The first-order chi connectivity index (χ1) is 4.50. The summed E-state index contributed by atoms with van der Waals surface area (Å²) >= 11 is 0. The number of carbonyl (C=O) groups excluding carboxylic acids is 1. The third-order valence-electron chi connectivity index (χ3n) is 1.24. The quantitative estimate of drug-likeness (QED) is 0.582. The standard InChI is InChI=1S/C8H12O2/c1-4-5-6-8(3,10)7(2)9/h4,6,10H,1-3H3. The fourth-order valence-corrected chi connectivity index (χ4v) is 0.347. The molecule has 0 aromatic rings. The highest BCUT2D eigenvalue weighted by molar-refractivity contribution is 5.86. The largest absolute Gasteiger partial charge is 0.378 e. The Balaban J connectivity index is 4.42. The van der Waals surface area contributed by atoms with Gasteiger partial charge in [0, 0.05) is 0 Å². The Labute approximate surface area is 60.9 Å². The van der Waals surface area contributed by atoms with Gasteiger partial charge in [-0.1, -0.05) is 0 Å². The van der Waals surface area contributed by atoms with Gasteiger partial charge in [0.05, 0.1) is 0 Å². The first-order valence-corrected chi connectivity index (χ1v) is 3.12. The van der Waals surface area contributed by atoms with Crippen LogP contribution in [0.3, 0.4) is 0 Å². The summed E-state index contributed by atoms with van der Waals surface area (Å²) in [5.41, 5.74) is 1.29. The SMILES string of the molecule is CC=C=CC(C)(O)C(C)=O. The first-order valence-electron chi connectivity index (χ1n) is 3.12. The lowest BCUT2D eigenvalue weighted by Gasteiger charge is -2.11. The van der Waals surface area contributed by atoms with Crippen LogP contribution in [0.5, 0.6) is 0 Å². The van der Waals surface area contributed by atoms with Gasteiger partial charge < -0.3 is 5.11 Å². The molecule has 0 fully saturated rings. The van der Waals surface area contributed by atoms with E-state index in [2.05, 4.69) is 5.73 Å². The predicted molar refractivity (Wildman–Crippen MR) is 39.6 cm³/mol.